The van der Waals surface area contributed by atoms with Gasteiger partial charge in [-0.05, 0) is 25.0 Å². The Labute approximate surface area is 129 Å². The molecule has 1 aromatic heterocycles. The molecule has 1 aliphatic rings. The van der Waals surface area contributed by atoms with E-state index in [1.165, 1.54) is 0 Å². The number of hydrogen-bond acceptors (Lipinski definition) is 4. The molecule has 1 saturated carbocycles. The Morgan fingerprint density at radius 1 is 1.19 bits per heavy atom. The summed E-state index contributed by atoms with van der Waals surface area (Å²) in [6.07, 6.45) is 7.13. The van der Waals surface area contributed by atoms with Crippen LogP contribution >= 0.6 is 11.6 Å². The van der Waals surface area contributed by atoms with Gasteiger partial charge < -0.3 is 10.4 Å². The number of halogens is 1. The van der Waals surface area contributed by atoms with E-state index < -0.39 is 0 Å². The molecule has 0 spiro atoms. The minimum atomic E-state index is -0.310. The quantitative estimate of drug-likeness (QED) is 0.911. The fraction of sp³-hybridized carbons (Fsp3) is 0.375. The second-order valence-corrected chi connectivity index (χ2v) is 5.84. The van der Waals surface area contributed by atoms with E-state index in [1.807, 2.05) is 24.3 Å². The molecule has 110 valence electrons. The highest BCUT2D eigenvalue weighted by atomic mass is 35.5. The molecule has 0 bridgehead atoms. The van der Waals surface area contributed by atoms with Crippen LogP contribution in [0.1, 0.15) is 25.7 Å². The van der Waals surface area contributed by atoms with Crippen molar-refractivity contribution in [2.45, 2.75) is 37.8 Å². The van der Waals surface area contributed by atoms with E-state index in [1.54, 1.807) is 12.4 Å². The topological polar surface area (TPSA) is 58.0 Å². The highest BCUT2D eigenvalue weighted by Crippen LogP contribution is 2.24. The Kier molecular flexibility index (Phi) is 4.36. The first-order chi connectivity index (χ1) is 10.2. The molecule has 4 nitrogen and oxygen atoms in total. The second-order valence-electron chi connectivity index (χ2n) is 5.40. The average molecular weight is 304 g/mol. The van der Waals surface area contributed by atoms with Gasteiger partial charge in [0.2, 0.25) is 0 Å². The van der Waals surface area contributed by atoms with Crippen molar-refractivity contribution >= 4 is 17.4 Å². The number of nitrogens with zero attached hydrogens (tertiary/aromatic N) is 2. The zero-order valence-corrected chi connectivity index (χ0v) is 12.4. The summed E-state index contributed by atoms with van der Waals surface area (Å²) in [5, 5.41) is 14.0. The van der Waals surface area contributed by atoms with Crippen molar-refractivity contribution in [2.75, 3.05) is 5.32 Å². The lowest BCUT2D eigenvalue weighted by Crippen LogP contribution is -2.36. The lowest BCUT2D eigenvalue weighted by molar-refractivity contribution is 0.116. The maximum absolute atomic E-state index is 10.0. The number of aromatic nitrogens is 2. The summed E-state index contributed by atoms with van der Waals surface area (Å²) in [5.74, 6) is 0.693. The van der Waals surface area contributed by atoms with Crippen LogP contribution < -0.4 is 5.32 Å². The Morgan fingerprint density at radius 3 is 2.86 bits per heavy atom. The van der Waals surface area contributed by atoms with Gasteiger partial charge in [0.25, 0.3) is 0 Å². The van der Waals surface area contributed by atoms with Gasteiger partial charge in [0.15, 0.2) is 0 Å². The summed E-state index contributed by atoms with van der Waals surface area (Å²) in [4.78, 5) is 8.80. The zero-order valence-electron chi connectivity index (χ0n) is 11.7. The maximum atomic E-state index is 10.0. The van der Waals surface area contributed by atoms with Crippen molar-refractivity contribution in [1.82, 2.24) is 9.97 Å². The molecule has 1 aromatic carbocycles. The van der Waals surface area contributed by atoms with Crippen molar-refractivity contribution in [1.29, 1.82) is 0 Å². The standard InChI is InChI=1S/C16H18ClN3O/c17-12-5-3-4-11(8-12)14-9-18-10-16(20-14)19-13-6-1-2-7-15(13)21/h3-5,8-10,13,15,21H,1-2,6-7H2,(H,19,20)/t13-,15+/m0/s1. The second kappa shape index (κ2) is 6.41. The third-order valence-electron chi connectivity index (χ3n) is 3.82. The summed E-state index contributed by atoms with van der Waals surface area (Å²) in [6, 6.07) is 7.60. The Hall–Kier alpha value is -1.65. The normalized spacial score (nSPS) is 22.0. The van der Waals surface area contributed by atoms with E-state index >= 15 is 0 Å². The zero-order chi connectivity index (χ0) is 14.7. The van der Waals surface area contributed by atoms with Crippen LogP contribution in [-0.4, -0.2) is 27.2 Å². The van der Waals surface area contributed by atoms with Gasteiger partial charge in [-0.25, -0.2) is 4.98 Å². The SMILES string of the molecule is O[C@@H]1CCCC[C@@H]1Nc1cncc(-c2cccc(Cl)c2)n1. The summed E-state index contributed by atoms with van der Waals surface area (Å²) >= 11 is 6.01. The van der Waals surface area contributed by atoms with Crippen LogP contribution in [0.3, 0.4) is 0 Å². The third-order valence-corrected chi connectivity index (χ3v) is 4.05. The highest BCUT2D eigenvalue weighted by molar-refractivity contribution is 6.30. The van der Waals surface area contributed by atoms with Gasteiger partial charge in [0.05, 0.1) is 30.2 Å². The fourth-order valence-corrected chi connectivity index (χ4v) is 2.88. The van der Waals surface area contributed by atoms with Crippen molar-refractivity contribution in [2.24, 2.45) is 0 Å². The van der Waals surface area contributed by atoms with Gasteiger partial charge in [-0.1, -0.05) is 36.6 Å². The first-order valence-electron chi connectivity index (χ1n) is 7.25. The summed E-state index contributed by atoms with van der Waals surface area (Å²) in [6.45, 7) is 0. The van der Waals surface area contributed by atoms with E-state index in [-0.39, 0.29) is 12.1 Å². The Bertz CT molecular complexity index is 620. The van der Waals surface area contributed by atoms with Gasteiger partial charge >= 0.3 is 0 Å². The van der Waals surface area contributed by atoms with E-state index in [4.69, 9.17) is 11.6 Å². The number of benzene rings is 1. The number of aliphatic hydroxyl groups excluding tert-OH is 1. The molecule has 21 heavy (non-hydrogen) atoms. The van der Waals surface area contributed by atoms with Crippen LogP contribution in [0.25, 0.3) is 11.3 Å². The van der Waals surface area contributed by atoms with Crippen LogP contribution in [0.15, 0.2) is 36.7 Å². The molecular formula is C16H18ClN3O. The molecule has 2 atom stereocenters. The van der Waals surface area contributed by atoms with Gasteiger partial charge in [-0.15, -0.1) is 0 Å². The molecule has 1 fully saturated rings. The molecule has 0 saturated heterocycles. The maximum Gasteiger partial charge on any atom is 0.145 e. The Balaban J connectivity index is 1.80. The van der Waals surface area contributed by atoms with E-state index in [9.17, 15) is 5.11 Å². The molecule has 0 radical (unpaired) electrons. The summed E-state index contributed by atoms with van der Waals surface area (Å²) < 4.78 is 0. The molecule has 3 rings (SSSR count). The van der Waals surface area contributed by atoms with E-state index in [0.29, 0.717) is 10.8 Å². The minimum Gasteiger partial charge on any atom is -0.391 e. The Morgan fingerprint density at radius 2 is 2.05 bits per heavy atom. The number of anilines is 1. The van der Waals surface area contributed by atoms with Gasteiger partial charge in [0, 0.05) is 10.6 Å². The van der Waals surface area contributed by atoms with Gasteiger partial charge in [-0.2, -0.15) is 0 Å². The first kappa shape index (κ1) is 14.3. The van der Waals surface area contributed by atoms with Crippen molar-refractivity contribution in [3.63, 3.8) is 0 Å². The fourth-order valence-electron chi connectivity index (χ4n) is 2.69. The van der Waals surface area contributed by atoms with Crippen molar-refractivity contribution in [3.8, 4) is 11.3 Å². The lowest BCUT2D eigenvalue weighted by Gasteiger charge is -2.28. The van der Waals surface area contributed by atoms with Crippen molar-refractivity contribution in [3.05, 3.63) is 41.7 Å². The predicted octanol–water partition coefficient (Wildman–Crippen LogP) is 3.51. The van der Waals surface area contributed by atoms with Gasteiger partial charge in [-0.3, -0.25) is 4.98 Å². The summed E-state index contributed by atoms with van der Waals surface area (Å²) in [5.41, 5.74) is 1.70. The molecule has 2 aromatic rings. The largest absolute Gasteiger partial charge is 0.391 e. The van der Waals surface area contributed by atoms with Crippen LogP contribution in [0.4, 0.5) is 5.82 Å². The van der Waals surface area contributed by atoms with Crippen molar-refractivity contribution < 1.29 is 5.11 Å². The van der Waals surface area contributed by atoms with E-state index in [2.05, 4.69) is 15.3 Å². The van der Waals surface area contributed by atoms with Crippen LogP contribution in [-0.2, 0) is 0 Å². The van der Waals surface area contributed by atoms with Crippen LogP contribution in [0, 0.1) is 0 Å². The van der Waals surface area contributed by atoms with Gasteiger partial charge in [0.1, 0.15) is 5.82 Å². The smallest absolute Gasteiger partial charge is 0.145 e. The van der Waals surface area contributed by atoms with Crippen LogP contribution in [0.5, 0.6) is 0 Å². The molecule has 0 aliphatic heterocycles. The number of rotatable bonds is 3. The number of hydrogen-bond donors (Lipinski definition) is 2. The average Bonchev–Trinajstić information content (AvgIpc) is 2.50. The highest BCUT2D eigenvalue weighted by Gasteiger charge is 2.23. The minimum absolute atomic E-state index is 0.0580. The monoisotopic (exact) mass is 303 g/mol. The molecule has 0 unspecified atom stereocenters. The molecule has 0 amide bonds. The summed E-state index contributed by atoms with van der Waals surface area (Å²) in [7, 11) is 0. The molecule has 1 heterocycles. The molecule has 1 aliphatic carbocycles. The predicted molar refractivity (Wildman–Crippen MR) is 84.4 cm³/mol. The lowest BCUT2D eigenvalue weighted by atomic mass is 9.93. The number of aliphatic hydroxyl groups is 1. The van der Waals surface area contributed by atoms with E-state index in [0.717, 1.165) is 36.9 Å². The number of nitrogens with one attached hydrogen (secondary N) is 1. The van der Waals surface area contributed by atoms with Crippen LogP contribution in [0.2, 0.25) is 5.02 Å². The first-order valence-corrected chi connectivity index (χ1v) is 7.63. The third kappa shape index (κ3) is 3.52. The molecule has 5 heteroatoms. The molecule has 2 N–H and O–H groups in total. The molecular weight excluding hydrogens is 286 g/mol.